The zero-order valence-electron chi connectivity index (χ0n) is 11.7. The van der Waals surface area contributed by atoms with E-state index in [9.17, 15) is 14.0 Å². The minimum absolute atomic E-state index is 0.187. The van der Waals surface area contributed by atoms with E-state index in [0.29, 0.717) is 19.3 Å². The number of rotatable bonds is 6. The first kappa shape index (κ1) is 15.9. The molecule has 110 valence electrons. The molecule has 1 saturated carbocycles. The number of hydrogen-bond acceptors (Lipinski definition) is 2. The maximum absolute atomic E-state index is 13.7. The number of aliphatic carboxylic acids is 1. The predicted molar refractivity (Wildman–Crippen MR) is 70.5 cm³/mol. The molecule has 4 nitrogen and oxygen atoms in total. The molecule has 0 saturated heterocycles. The summed E-state index contributed by atoms with van der Waals surface area (Å²) < 4.78 is 13.7. The fourth-order valence-electron chi connectivity index (χ4n) is 2.61. The molecular weight excluding hydrogens is 249 g/mol. The molecule has 1 aliphatic rings. The average Bonchev–Trinajstić information content (AvgIpc) is 2.30. The van der Waals surface area contributed by atoms with Gasteiger partial charge in [0.1, 0.15) is 6.17 Å². The summed E-state index contributed by atoms with van der Waals surface area (Å²) in [5.41, 5.74) is 0. The molecule has 1 amide bonds. The van der Waals surface area contributed by atoms with Crippen molar-refractivity contribution in [3.05, 3.63) is 0 Å². The van der Waals surface area contributed by atoms with Gasteiger partial charge in [-0.15, -0.1) is 0 Å². The third-order valence-corrected chi connectivity index (χ3v) is 3.56. The van der Waals surface area contributed by atoms with Crippen molar-refractivity contribution in [2.24, 2.45) is 11.8 Å². The molecular formula is C14H24FNO3. The van der Waals surface area contributed by atoms with Crippen molar-refractivity contribution in [2.75, 3.05) is 0 Å². The Balaban J connectivity index is 2.57. The summed E-state index contributed by atoms with van der Waals surface area (Å²) in [4.78, 5) is 22.9. The lowest BCUT2D eigenvalue weighted by Crippen LogP contribution is -2.46. The number of hydrogen-bond donors (Lipinski definition) is 2. The normalized spacial score (nSPS) is 25.1. The van der Waals surface area contributed by atoms with E-state index in [-0.39, 0.29) is 18.2 Å². The number of nitrogens with one attached hydrogen (secondary N) is 1. The lowest BCUT2D eigenvalue weighted by Gasteiger charge is -2.28. The van der Waals surface area contributed by atoms with Gasteiger partial charge in [0.25, 0.3) is 0 Å². The molecule has 0 aromatic heterocycles. The highest BCUT2D eigenvalue weighted by molar-refractivity contribution is 5.83. The Kier molecular flexibility index (Phi) is 6.25. The van der Waals surface area contributed by atoms with Crippen LogP contribution >= 0.6 is 0 Å². The van der Waals surface area contributed by atoms with Crippen LogP contribution in [0, 0.1) is 11.8 Å². The molecule has 2 N–H and O–H groups in total. The van der Waals surface area contributed by atoms with E-state index in [0.717, 1.165) is 12.8 Å². The van der Waals surface area contributed by atoms with Crippen LogP contribution in [0.3, 0.4) is 0 Å². The molecule has 0 spiro atoms. The van der Waals surface area contributed by atoms with Gasteiger partial charge >= 0.3 is 5.97 Å². The van der Waals surface area contributed by atoms with Crippen LogP contribution in [0.4, 0.5) is 4.39 Å². The third kappa shape index (κ3) is 5.57. The molecule has 5 heteroatoms. The Morgan fingerprint density at radius 2 is 1.95 bits per heavy atom. The Labute approximate surface area is 113 Å². The zero-order chi connectivity index (χ0) is 14.4. The molecule has 0 radical (unpaired) electrons. The van der Waals surface area contributed by atoms with Gasteiger partial charge in [0.05, 0.1) is 12.5 Å². The van der Waals surface area contributed by atoms with E-state index in [1.807, 2.05) is 13.8 Å². The number of carbonyl (C=O) groups is 2. The van der Waals surface area contributed by atoms with Crippen molar-refractivity contribution in [2.45, 2.75) is 64.6 Å². The quantitative estimate of drug-likeness (QED) is 0.781. The van der Waals surface area contributed by atoms with Crippen LogP contribution in [-0.2, 0) is 9.59 Å². The molecule has 0 heterocycles. The first-order valence-corrected chi connectivity index (χ1v) is 7.06. The highest BCUT2D eigenvalue weighted by Crippen LogP contribution is 2.23. The maximum Gasteiger partial charge on any atom is 0.304 e. The standard InChI is InChI=1S/C14H24FNO3/c1-9(2)7-10(8-13(17)18)14(19)16-12-6-4-3-5-11(12)15/h9-12H,3-8H2,1-2H3,(H,16,19)(H,17,18)/t10?,11-,12-/m1/s1. The van der Waals surface area contributed by atoms with Crippen molar-refractivity contribution in [1.82, 2.24) is 5.32 Å². The fraction of sp³-hybridized carbons (Fsp3) is 0.857. The largest absolute Gasteiger partial charge is 0.481 e. The van der Waals surface area contributed by atoms with E-state index >= 15 is 0 Å². The number of carbonyl (C=O) groups excluding carboxylic acids is 1. The second-order valence-electron chi connectivity index (χ2n) is 5.84. The van der Waals surface area contributed by atoms with Gasteiger partial charge in [-0.2, -0.15) is 0 Å². The van der Waals surface area contributed by atoms with Gasteiger partial charge in [0.2, 0.25) is 5.91 Å². The second kappa shape index (κ2) is 7.46. The zero-order valence-corrected chi connectivity index (χ0v) is 11.7. The minimum Gasteiger partial charge on any atom is -0.481 e. The van der Waals surface area contributed by atoms with E-state index in [2.05, 4.69) is 5.32 Å². The lowest BCUT2D eigenvalue weighted by atomic mass is 9.90. The summed E-state index contributed by atoms with van der Waals surface area (Å²) in [6, 6.07) is -0.440. The molecule has 0 aromatic rings. The number of carboxylic acids is 1. The SMILES string of the molecule is CC(C)CC(CC(=O)O)C(=O)N[C@@H]1CCCC[C@H]1F. The smallest absolute Gasteiger partial charge is 0.304 e. The van der Waals surface area contributed by atoms with Crippen molar-refractivity contribution in [3.63, 3.8) is 0 Å². The van der Waals surface area contributed by atoms with Gasteiger partial charge in [-0.05, 0) is 25.2 Å². The van der Waals surface area contributed by atoms with Crippen LogP contribution in [-0.4, -0.2) is 29.2 Å². The summed E-state index contributed by atoms with van der Waals surface area (Å²) in [5, 5.41) is 11.6. The van der Waals surface area contributed by atoms with Gasteiger partial charge in [0.15, 0.2) is 0 Å². The second-order valence-corrected chi connectivity index (χ2v) is 5.84. The first-order valence-electron chi connectivity index (χ1n) is 7.06. The monoisotopic (exact) mass is 273 g/mol. The first-order chi connectivity index (χ1) is 8.90. The number of halogens is 1. The van der Waals surface area contributed by atoms with Crippen molar-refractivity contribution in [3.8, 4) is 0 Å². The summed E-state index contributed by atoms with van der Waals surface area (Å²) >= 11 is 0. The molecule has 19 heavy (non-hydrogen) atoms. The van der Waals surface area contributed by atoms with E-state index in [4.69, 9.17) is 5.11 Å². The molecule has 0 bridgehead atoms. The van der Waals surface area contributed by atoms with Crippen molar-refractivity contribution >= 4 is 11.9 Å². The van der Waals surface area contributed by atoms with Crippen LogP contribution in [0.1, 0.15) is 52.4 Å². The van der Waals surface area contributed by atoms with E-state index in [1.165, 1.54) is 0 Å². The highest BCUT2D eigenvalue weighted by Gasteiger charge is 2.30. The fourth-order valence-corrected chi connectivity index (χ4v) is 2.61. The molecule has 1 unspecified atom stereocenters. The van der Waals surface area contributed by atoms with Crippen LogP contribution in [0.2, 0.25) is 0 Å². The Morgan fingerprint density at radius 3 is 2.47 bits per heavy atom. The van der Waals surface area contributed by atoms with Gasteiger partial charge in [-0.25, -0.2) is 4.39 Å². The Morgan fingerprint density at radius 1 is 1.32 bits per heavy atom. The summed E-state index contributed by atoms with van der Waals surface area (Å²) in [6.07, 6.45) is 2.24. The van der Waals surface area contributed by atoms with Gasteiger partial charge in [-0.3, -0.25) is 9.59 Å². The average molecular weight is 273 g/mol. The van der Waals surface area contributed by atoms with Gasteiger partial charge < -0.3 is 10.4 Å². The van der Waals surface area contributed by atoms with Crippen LogP contribution in [0.15, 0.2) is 0 Å². The van der Waals surface area contributed by atoms with Crippen LogP contribution in [0.25, 0.3) is 0 Å². The van der Waals surface area contributed by atoms with Gasteiger partial charge in [-0.1, -0.05) is 26.7 Å². The van der Waals surface area contributed by atoms with Crippen molar-refractivity contribution in [1.29, 1.82) is 0 Å². The van der Waals surface area contributed by atoms with Crippen molar-refractivity contribution < 1.29 is 19.1 Å². The maximum atomic E-state index is 13.7. The molecule has 1 rings (SSSR count). The number of amides is 1. The Bertz CT molecular complexity index is 320. The minimum atomic E-state index is -0.998. The third-order valence-electron chi connectivity index (χ3n) is 3.56. The predicted octanol–water partition coefficient (Wildman–Crippen LogP) is 2.52. The molecule has 1 fully saturated rings. The summed E-state index contributed by atoms with van der Waals surface area (Å²) in [6.45, 7) is 3.89. The summed E-state index contributed by atoms with van der Waals surface area (Å²) in [7, 11) is 0. The highest BCUT2D eigenvalue weighted by atomic mass is 19.1. The number of alkyl halides is 1. The van der Waals surface area contributed by atoms with Crippen LogP contribution < -0.4 is 5.32 Å². The lowest BCUT2D eigenvalue weighted by molar-refractivity contribution is -0.141. The topological polar surface area (TPSA) is 66.4 Å². The molecule has 0 aliphatic heterocycles. The summed E-state index contributed by atoms with van der Waals surface area (Å²) in [5.74, 6) is -1.62. The molecule has 3 atom stereocenters. The Hall–Kier alpha value is -1.13. The molecule has 0 aromatic carbocycles. The van der Waals surface area contributed by atoms with E-state index in [1.54, 1.807) is 0 Å². The van der Waals surface area contributed by atoms with Gasteiger partial charge in [0, 0.05) is 5.92 Å². The van der Waals surface area contributed by atoms with Crippen LogP contribution in [0.5, 0.6) is 0 Å². The van der Waals surface area contributed by atoms with E-state index < -0.39 is 24.1 Å². The molecule has 1 aliphatic carbocycles. The number of carboxylic acid groups (broad SMARTS) is 1.